The molecular formula is C12H16ClNO. The second-order valence-corrected chi connectivity index (χ2v) is 4.41. The normalized spacial score (nSPS) is 25.5. The molecule has 82 valence electrons. The van der Waals surface area contributed by atoms with E-state index in [1.165, 1.54) is 0 Å². The fraction of sp³-hybridized carbons (Fsp3) is 0.500. The molecule has 1 N–H and O–H groups in total. The largest absolute Gasteiger partial charge is 0.381 e. The molecule has 0 radical (unpaired) electrons. The number of rotatable bonds is 3. The third-order valence-corrected chi connectivity index (χ3v) is 3.04. The zero-order valence-corrected chi connectivity index (χ0v) is 9.63. The Labute approximate surface area is 95.6 Å². The van der Waals surface area contributed by atoms with E-state index in [1.807, 2.05) is 24.3 Å². The maximum Gasteiger partial charge on any atom is 0.0751 e. The van der Waals surface area contributed by atoms with Crippen molar-refractivity contribution < 1.29 is 4.74 Å². The van der Waals surface area contributed by atoms with Crippen LogP contribution in [-0.4, -0.2) is 18.8 Å². The van der Waals surface area contributed by atoms with Gasteiger partial charge in [-0.15, -0.1) is 0 Å². The molecule has 2 atom stereocenters. The van der Waals surface area contributed by atoms with Crippen molar-refractivity contribution in [2.24, 2.45) is 0 Å². The van der Waals surface area contributed by atoms with Gasteiger partial charge in [-0.3, -0.25) is 0 Å². The molecule has 0 saturated carbocycles. The van der Waals surface area contributed by atoms with E-state index in [4.69, 9.17) is 16.3 Å². The molecule has 0 amide bonds. The smallest absolute Gasteiger partial charge is 0.0751 e. The van der Waals surface area contributed by atoms with Crippen LogP contribution in [0.4, 0.5) is 5.69 Å². The molecule has 0 aliphatic carbocycles. The fourth-order valence-electron chi connectivity index (χ4n) is 1.86. The number of para-hydroxylation sites is 1. The number of benzene rings is 1. The Hall–Kier alpha value is -0.730. The first-order chi connectivity index (χ1) is 7.25. The van der Waals surface area contributed by atoms with Crippen molar-refractivity contribution in [2.45, 2.75) is 32.0 Å². The molecule has 0 spiro atoms. The van der Waals surface area contributed by atoms with Gasteiger partial charge in [-0.2, -0.15) is 0 Å². The van der Waals surface area contributed by atoms with Crippen molar-refractivity contribution >= 4 is 17.3 Å². The molecule has 15 heavy (non-hydrogen) atoms. The first kappa shape index (κ1) is 10.8. The molecular weight excluding hydrogens is 210 g/mol. The van der Waals surface area contributed by atoms with Gasteiger partial charge in [-0.05, 0) is 31.9 Å². The molecule has 1 aromatic carbocycles. The van der Waals surface area contributed by atoms with Gasteiger partial charge in [0.25, 0.3) is 0 Å². The second-order valence-electron chi connectivity index (χ2n) is 4.01. The summed E-state index contributed by atoms with van der Waals surface area (Å²) in [5.74, 6) is 0. The summed E-state index contributed by atoms with van der Waals surface area (Å²) in [5.41, 5.74) is 0.988. The van der Waals surface area contributed by atoms with Gasteiger partial charge in [-0.25, -0.2) is 0 Å². The zero-order chi connectivity index (χ0) is 10.7. The molecule has 1 heterocycles. The van der Waals surface area contributed by atoms with Crippen molar-refractivity contribution in [3.63, 3.8) is 0 Å². The van der Waals surface area contributed by atoms with Gasteiger partial charge in [0.1, 0.15) is 0 Å². The third-order valence-electron chi connectivity index (χ3n) is 2.71. The van der Waals surface area contributed by atoms with Crippen LogP contribution in [-0.2, 0) is 4.74 Å². The summed E-state index contributed by atoms with van der Waals surface area (Å²) < 4.78 is 5.72. The number of ether oxygens (including phenoxy) is 1. The van der Waals surface area contributed by atoms with E-state index in [0.29, 0.717) is 12.2 Å². The Morgan fingerprint density at radius 1 is 1.40 bits per heavy atom. The van der Waals surface area contributed by atoms with Crippen LogP contribution in [0.3, 0.4) is 0 Å². The average molecular weight is 226 g/mol. The Morgan fingerprint density at radius 2 is 2.20 bits per heavy atom. The molecule has 0 aromatic heterocycles. The van der Waals surface area contributed by atoms with Crippen molar-refractivity contribution in [2.75, 3.05) is 11.9 Å². The maximum absolute atomic E-state index is 6.04. The third kappa shape index (κ3) is 2.86. The minimum atomic E-state index is 0.330. The molecule has 1 fully saturated rings. The van der Waals surface area contributed by atoms with Gasteiger partial charge in [0, 0.05) is 6.54 Å². The number of nitrogens with one attached hydrogen (secondary N) is 1. The van der Waals surface area contributed by atoms with Gasteiger partial charge in [0.2, 0.25) is 0 Å². The van der Waals surface area contributed by atoms with Crippen molar-refractivity contribution in [3.05, 3.63) is 29.3 Å². The fourth-order valence-corrected chi connectivity index (χ4v) is 2.07. The maximum atomic E-state index is 6.04. The molecule has 1 aliphatic heterocycles. The lowest BCUT2D eigenvalue weighted by Gasteiger charge is -2.13. The van der Waals surface area contributed by atoms with E-state index in [1.54, 1.807) is 0 Å². The highest BCUT2D eigenvalue weighted by Gasteiger charge is 2.21. The van der Waals surface area contributed by atoms with Crippen LogP contribution in [0.1, 0.15) is 19.8 Å². The first-order valence-corrected chi connectivity index (χ1v) is 5.77. The van der Waals surface area contributed by atoms with Crippen LogP contribution < -0.4 is 5.32 Å². The van der Waals surface area contributed by atoms with Gasteiger partial charge in [0.05, 0.1) is 22.9 Å². The highest BCUT2D eigenvalue weighted by molar-refractivity contribution is 6.33. The summed E-state index contributed by atoms with van der Waals surface area (Å²) in [4.78, 5) is 0. The Kier molecular flexibility index (Phi) is 3.49. The van der Waals surface area contributed by atoms with Crippen molar-refractivity contribution in [1.29, 1.82) is 0 Å². The standard InChI is InChI=1S/C12H16ClNO/c1-9-6-7-10(15-9)8-14-12-5-3-2-4-11(12)13/h2-5,9-10,14H,6-8H2,1H3. The summed E-state index contributed by atoms with van der Waals surface area (Å²) in [6.07, 6.45) is 3.03. The van der Waals surface area contributed by atoms with E-state index < -0.39 is 0 Å². The van der Waals surface area contributed by atoms with Gasteiger partial charge in [0.15, 0.2) is 0 Å². The first-order valence-electron chi connectivity index (χ1n) is 5.39. The lowest BCUT2D eigenvalue weighted by Crippen LogP contribution is -2.19. The summed E-state index contributed by atoms with van der Waals surface area (Å²) in [5, 5.41) is 4.09. The van der Waals surface area contributed by atoms with E-state index in [9.17, 15) is 0 Å². The van der Waals surface area contributed by atoms with Crippen LogP contribution >= 0.6 is 11.6 Å². The van der Waals surface area contributed by atoms with Crippen LogP contribution in [0.15, 0.2) is 24.3 Å². The van der Waals surface area contributed by atoms with E-state index in [2.05, 4.69) is 12.2 Å². The summed E-state index contributed by atoms with van der Waals surface area (Å²) in [6, 6.07) is 7.79. The second kappa shape index (κ2) is 4.86. The zero-order valence-electron chi connectivity index (χ0n) is 8.87. The molecule has 3 heteroatoms. The van der Waals surface area contributed by atoms with E-state index in [0.717, 1.165) is 30.1 Å². The highest BCUT2D eigenvalue weighted by Crippen LogP contribution is 2.23. The van der Waals surface area contributed by atoms with Crippen LogP contribution in [0, 0.1) is 0 Å². The molecule has 0 bridgehead atoms. The number of hydrogen-bond donors (Lipinski definition) is 1. The van der Waals surface area contributed by atoms with Gasteiger partial charge in [-0.1, -0.05) is 23.7 Å². The lowest BCUT2D eigenvalue weighted by molar-refractivity contribution is 0.0637. The minimum Gasteiger partial charge on any atom is -0.381 e. The Morgan fingerprint density at radius 3 is 2.87 bits per heavy atom. The molecule has 1 aliphatic rings. The number of halogens is 1. The van der Waals surface area contributed by atoms with Crippen LogP contribution in [0.5, 0.6) is 0 Å². The van der Waals surface area contributed by atoms with Crippen molar-refractivity contribution in [3.8, 4) is 0 Å². The monoisotopic (exact) mass is 225 g/mol. The molecule has 1 saturated heterocycles. The molecule has 2 rings (SSSR count). The van der Waals surface area contributed by atoms with Crippen molar-refractivity contribution in [1.82, 2.24) is 0 Å². The molecule has 1 aromatic rings. The Balaban J connectivity index is 1.86. The summed E-state index contributed by atoms with van der Waals surface area (Å²) in [6.45, 7) is 2.96. The summed E-state index contributed by atoms with van der Waals surface area (Å²) >= 11 is 6.04. The number of anilines is 1. The SMILES string of the molecule is CC1CCC(CNc2ccccc2Cl)O1. The minimum absolute atomic E-state index is 0.330. The predicted octanol–water partition coefficient (Wildman–Crippen LogP) is 3.32. The van der Waals surface area contributed by atoms with E-state index in [-0.39, 0.29) is 0 Å². The Bertz CT molecular complexity index is 329. The predicted molar refractivity (Wildman–Crippen MR) is 63.5 cm³/mol. The highest BCUT2D eigenvalue weighted by atomic mass is 35.5. The van der Waals surface area contributed by atoms with Gasteiger partial charge >= 0.3 is 0 Å². The van der Waals surface area contributed by atoms with Gasteiger partial charge < -0.3 is 10.1 Å². The average Bonchev–Trinajstić information content (AvgIpc) is 2.63. The van der Waals surface area contributed by atoms with E-state index >= 15 is 0 Å². The summed E-state index contributed by atoms with van der Waals surface area (Å²) in [7, 11) is 0. The van der Waals surface area contributed by atoms with Crippen LogP contribution in [0.2, 0.25) is 5.02 Å². The topological polar surface area (TPSA) is 21.3 Å². The number of hydrogen-bond acceptors (Lipinski definition) is 2. The quantitative estimate of drug-likeness (QED) is 0.852. The molecule has 2 nitrogen and oxygen atoms in total. The lowest BCUT2D eigenvalue weighted by atomic mass is 10.2. The van der Waals surface area contributed by atoms with Crippen LogP contribution in [0.25, 0.3) is 0 Å². The molecule has 2 unspecified atom stereocenters.